The van der Waals surface area contributed by atoms with Crippen LogP contribution in [0.3, 0.4) is 0 Å². The van der Waals surface area contributed by atoms with Crippen molar-refractivity contribution in [2.75, 3.05) is 0 Å². The van der Waals surface area contributed by atoms with E-state index in [0.717, 1.165) is 66.8 Å². The Morgan fingerprint density at radius 2 is 0.525 bits per heavy atom. The summed E-state index contributed by atoms with van der Waals surface area (Å²) in [5, 5.41) is 0. The van der Waals surface area contributed by atoms with Crippen LogP contribution in [0.4, 0.5) is 0 Å². The molecule has 0 saturated heterocycles. The van der Waals surface area contributed by atoms with Crippen LogP contribution in [0.2, 0.25) is 0 Å². The fourth-order valence-electron chi connectivity index (χ4n) is 6.92. The highest BCUT2D eigenvalue weighted by molar-refractivity contribution is 7.91. The summed E-state index contributed by atoms with van der Waals surface area (Å²) in [5.41, 5.74) is 12.6. The molecule has 0 atom stereocenters. The second kappa shape index (κ2) is 18.3. The molecule has 0 aliphatic rings. The van der Waals surface area contributed by atoms with Crippen LogP contribution in [0.15, 0.2) is 228 Å². The van der Waals surface area contributed by atoms with Crippen molar-refractivity contribution in [3.05, 3.63) is 274 Å². The minimum Gasteiger partial charge on any atom is -0.219 e. The van der Waals surface area contributed by atoms with E-state index in [0.29, 0.717) is 0 Å². The molecule has 2 nitrogen and oxygen atoms in total. The van der Waals surface area contributed by atoms with E-state index in [9.17, 15) is 8.42 Å². The van der Waals surface area contributed by atoms with Gasteiger partial charge in [0.25, 0.3) is 0 Å². The van der Waals surface area contributed by atoms with E-state index in [-0.39, 0.29) is 9.79 Å². The Kier molecular flexibility index (Phi) is 11.9. The quantitative estimate of drug-likeness (QED) is 0.116. The number of sulfone groups is 1. The number of rotatable bonds is 12. The van der Waals surface area contributed by atoms with Gasteiger partial charge in [-0.1, -0.05) is 218 Å². The zero-order valence-electron chi connectivity index (χ0n) is 32.5. The van der Waals surface area contributed by atoms with E-state index in [1.165, 1.54) is 0 Å². The van der Waals surface area contributed by atoms with Gasteiger partial charge < -0.3 is 0 Å². The van der Waals surface area contributed by atoms with Crippen LogP contribution in [0.25, 0.3) is 47.6 Å². The molecule has 0 amide bonds. The van der Waals surface area contributed by atoms with Crippen LogP contribution >= 0.6 is 0 Å². The largest absolute Gasteiger partial charge is 0.219 e. The van der Waals surface area contributed by atoms with Crippen LogP contribution in [0.5, 0.6) is 0 Å². The summed E-state index contributed by atoms with van der Waals surface area (Å²) in [7, 11) is -3.78. The Labute approximate surface area is 348 Å². The SMILES string of the molecule is O=S(=O)(c1ccc(/C(=C\c2ccc(/C=C/c3ccccc3)cc2)c2ccccc2)cc1)c1ccc(/C(=C/c2ccc(/C=C\c3ccccc3)cc2)c2ccccc2)cc1. The molecule has 0 fully saturated rings. The average Bonchev–Trinajstić information content (AvgIpc) is 3.31. The summed E-state index contributed by atoms with van der Waals surface area (Å²) in [6, 6.07) is 72.2. The van der Waals surface area contributed by atoms with Crippen molar-refractivity contribution < 1.29 is 8.42 Å². The first kappa shape index (κ1) is 38.5. The highest BCUT2D eigenvalue weighted by Gasteiger charge is 2.19. The first-order valence-corrected chi connectivity index (χ1v) is 21.1. The van der Waals surface area contributed by atoms with E-state index in [2.05, 4.69) is 134 Å². The highest BCUT2D eigenvalue weighted by Crippen LogP contribution is 2.31. The van der Waals surface area contributed by atoms with Gasteiger partial charge in [-0.15, -0.1) is 0 Å². The second-order valence-corrected chi connectivity index (χ2v) is 16.2. The summed E-state index contributed by atoms with van der Waals surface area (Å²) in [6.07, 6.45) is 12.7. The van der Waals surface area contributed by atoms with Gasteiger partial charge in [0.1, 0.15) is 0 Å². The smallest absolute Gasteiger partial charge is 0.206 e. The van der Waals surface area contributed by atoms with Crippen molar-refractivity contribution in [2.24, 2.45) is 0 Å². The van der Waals surface area contributed by atoms with Gasteiger partial charge in [-0.05, 0) is 103 Å². The van der Waals surface area contributed by atoms with Crippen molar-refractivity contribution >= 4 is 57.4 Å². The van der Waals surface area contributed by atoms with Gasteiger partial charge in [0.2, 0.25) is 9.84 Å². The first-order valence-electron chi connectivity index (χ1n) is 19.6. The van der Waals surface area contributed by atoms with Crippen molar-refractivity contribution in [3.8, 4) is 0 Å². The summed E-state index contributed by atoms with van der Waals surface area (Å²) in [6.45, 7) is 0. The van der Waals surface area contributed by atoms with E-state index >= 15 is 0 Å². The maximum atomic E-state index is 14.0. The average molecular weight is 779 g/mol. The molecule has 0 unspecified atom stereocenters. The molecule has 8 aromatic carbocycles. The normalized spacial score (nSPS) is 12.3. The lowest BCUT2D eigenvalue weighted by Gasteiger charge is -2.12. The number of hydrogen-bond donors (Lipinski definition) is 0. The second-order valence-electron chi connectivity index (χ2n) is 14.2. The summed E-state index contributed by atoms with van der Waals surface area (Å²) >= 11 is 0. The van der Waals surface area contributed by atoms with E-state index < -0.39 is 9.84 Å². The molecule has 8 rings (SSSR count). The monoisotopic (exact) mass is 778 g/mol. The molecule has 0 heterocycles. The third kappa shape index (κ3) is 9.80. The van der Waals surface area contributed by atoms with E-state index in [1.54, 1.807) is 24.3 Å². The lowest BCUT2D eigenvalue weighted by molar-refractivity contribution is 0.596. The Morgan fingerprint density at radius 3 is 0.847 bits per heavy atom. The molecule has 8 aromatic rings. The fourth-order valence-corrected chi connectivity index (χ4v) is 8.18. The topological polar surface area (TPSA) is 34.1 Å². The predicted octanol–water partition coefficient (Wildman–Crippen LogP) is 14.0. The van der Waals surface area contributed by atoms with Crippen molar-refractivity contribution in [2.45, 2.75) is 9.79 Å². The van der Waals surface area contributed by atoms with E-state index in [4.69, 9.17) is 0 Å². The molecule has 284 valence electrons. The van der Waals surface area contributed by atoms with Gasteiger partial charge in [0.15, 0.2) is 0 Å². The third-order valence-corrected chi connectivity index (χ3v) is 11.9. The molecule has 59 heavy (non-hydrogen) atoms. The lowest BCUT2D eigenvalue weighted by atomic mass is 9.95. The lowest BCUT2D eigenvalue weighted by Crippen LogP contribution is -2.02. The Hall–Kier alpha value is -7.33. The van der Waals surface area contributed by atoms with Gasteiger partial charge in [0.05, 0.1) is 9.79 Å². The fraction of sp³-hybridized carbons (Fsp3) is 0. The molecule has 0 spiro atoms. The van der Waals surface area contributed by atoms with Crippen LogP contribution < -0.4 is 0 Å². The third-order valence-electron chi connectivity index (χ3n) is 10.2. The van der Waals surface area contributed by atoms with Gasteiger partial charge in [-0.25, -0.2) is 8.42 Å². The highest BCUT2D eigenvalue weighted by atomic mass is 32.2. The number of benzene rings is 8. The molecule has 0 aromatic heterocycles. The predicted molar refractivity (Wildman–Crippen MR) is 249 cm³/mol. The minimum atomic E-state index is -3.78. The Balaban J connectivity index is 1.03. The number of hydrogen-bond acceptors (Lipinski definition) is 2. The first-order chi connectivity index (χ1) is 29.0. The summed E-state index contributed by atoms with van der Waals surface area (Å²) in [5.74, 6) is 0. The van der Waals surface area contributed by atoms with Crippen molar-refractivity contribution in [1.82, 2.24) is 0 Å². The molecule has 0 radical (unpaired) electrons. The van der Waals surface area contributed by atoms with Crippen LogP contribution in [0, 0.1) is 0 Å². The molecule has 0 saturated carbocycles. The summed E-state index contributed by atoms with van der Waals surface area (Å²) < 4.78 is 28.1. The maximum absolute atomic E-state index is 14.0. The maximum Gasteiger partial charge on any atom is 0.206 e. The van der Waals surface area contributed by atoms with Crippen molar-refractivity contribution in [3.63, 3.8) is 0 Å². The van der Waals surface area contributed by atoms with Crippen molar-refractivity contribution in [1.29, 1.82) is 0 Å². The molecular weight excluding hydrogens is 737 g/mol. The molecule has 3 heteroatoms. The minimum absolute atomic E-state index is 0.246. The zero-order valence-corrected chi connectivity index (χ0v) is 33.3. The van der Waals surface area contributed by atoms with E-state index in [1.807, 2.05) is 97.1 Å². The molecular formula is C56H42O2S. The van der Waals surface area contributed by atoms with Gasteiger partial charge in [-0.2, -0.15) is 0 Å². The molecule has 0 bridgehead atoms. The van der Waals surface area contributed by atoms with Gasteiger partial charge in [-0.3, -0.25) is 0 Å². The molecule has 0 aliphatic carbocycles. The standard InChI is InChI=1S/C56H42O2S/c57-59(58,53-37-33-51(34-38-53)55(49-17-9-3-10-18-49)41-47-29-25-45(26-30-47)23-21-43-13-5-1-6-14-43)54-39-35-52(36-40-54)56(50-19-11-4-12-20-50)42-48-31-27-46(28-32-48)24-22-44-15-7-2-8-16-44/h1-42H/b23-21-,24-22+,55-41+,56-42-. The van der Waals surface area contributed by atoms with Gasteiger partial charge >= 0.3 is 0 Å². The van der Waals surface area contributed by atoms with Crippen LogP contribution in [0.1, 0.15) is 55.6 Å². The van der Waals surface area contributed by atoms with Crippen LogP contribution in [-0.4, -0.2) is 8.42 Å². The summed E-state index contributed by atoms with van der Waals surface area (Å²) in [4.78, 5) is 0.493. The van der Waals surface area contributed by atoms with Gasteiger partial charge in [0, 0.05) is 0 Å². The molecule has 0 aliphatic heterocycles. The molecule has 0 N–H and O–H groups in total. The zero-order chi connectivity index (χ0) is 40.3. The Bertz CT molecular complexity index is 2640. The van der Waals surface area contributed by atoms with Crippen LogP contribution in [-0.2, 0) is 9.84 Å². The Morgan fingerprint density at radius 1 is 0.271 bits per heavy atom.